The predicted molar refractivity (Wildman–Crippen MR) is 98.8 cm³/mol. The number of hydrogen-bond acceptors (Lipinski definition) is 4. The van der Waals surface area contributed by atoms with Crippen LogP contribution in [-0.2, 0) is 6.54 Å². The topological polar surface area (TPSA) is 85.9 Å². The van der Waals surface area contributed by atoms with Crippen LogP contribution >= 0.6 is 0 Å². The third-order valence-corrected chi connectivity index (χ3v) is 4.76. The van der Waals surface area contributed by atoms with Crippen LogP contribution in [0, 0.1) is 13.8 Å². The molecular formula is C18H26N6O. The molecule has 0 bridgehead atoms. The van der Waals surface area contributed by atoms with E-state index in [1.54, 1.807) is 12.4 Å². The lowest BCUT2D eigenvalue weighted by molar-refractivity contribution is 0.251. The Hall–Kier alpha value is -2.57. The van der Waals surface area contributed by atoms with Crippen molar-refractivity contribution in [2.45, 2.75) is 52.6 Å². The van der Waals surface area contributed by atoms with Crippen molar-refractivity contribution in [1.29, 1.82) is 0 Å². The number of aryl methyl sites for hydroxylation is 2. The van der Waals surface area contributed by atoms with Gasteiger partial charge in [0, 0.05) is 30.4 Å². The summed E-state index contributed by atoms with van der Waals surface area (Å²) < 4.78 is 0. The maximum atomic E-state index is 12.1. The molecule has 0 saturated carbocycles. The maximum absolute atomic E-state index is 12.1. The number of hydrogen-bond donors (Lipinski definition) is 3. The number of carbonyl (C=O) groups is 1. The molecule has 3 rings (SSSR count). The number of rotatable bonds is 4. The van der Waals surface area contributed by atoms with Crippen LogP contribution in [0.2, 0.25) is 0 Å². The molecular weight excluding hydrogens is 316 g/mol. The van der Waals surface area contributed by atoms with Gasteiger partial charge in [-0.2, -0.15) is 5.10 Å². The number of amides is 2. The molecule has 0 spiro atoms. The Morgan fingerprint density at radius 2 is 2.20 bits per heavy atom. The summed E-state index contributed by atoms with van der Waals surface area (Å²) >= 11 is 0. The summed E-state index contributed by atoms with van der Waals surface area (Å²) in [5.74, 6) is 1.02. The fraction of sp³-hybridized carbons (Fsp3) is 0.500. The lowest BCUT2D eigenvalue weighted by Gasteiger charge is -2.35. The van der Waals surface area contributed by atoms with Gasteiger partial charge in [0.15, 0.2) is 0 Å². The fourth-order valence-electron chi connectivity index (χ4n) is 3.25. The Bertz CT molecular complexity index is 741. The molecule has 1 aliphatic heterocycles. The molecule has 1 atom stereocenters. The molecule has 1 unspecified atom stereocenters. The van der Waals surface area contributed by atoms with Gasteiger partial charge in [0.1, 0.15) is 5.82 Å². The van der Waals surface area contributed by atoms with Crippen LogP contribution in [0.1, 0.15) is 43.0 Å². The van der Waals surface area contributed by atoms with Gasteiger partial charge in [0.25, 0.3) is 0 Å². The van der Waals surface area contributed by atoms with Crippen LogP contribution in [0.4, 0.5) is 16.3 Å². The highest BCUT2D eigenvalue weighted by Gasteiger charge is 2.21. The first-order valence-corrected chi connectivity index (χ1v) is 8.81. The molecule has 1 fully saturated rings. The Morgan fingerprint density at radius 1 is 1.36 bits per heavy atom. The van der Waals surface area contributed by atoms with Crippen molar-refractivity contribution in [2.24, 2.45) is 0 Å². The Labute approximate surface area is 148 Å². The molecule has 0 aliphatic carbocycles. The number of aromatic amines is 1. The average Bonchev–Trinajstić information content (AvgIpc) is 2.99. The average molecular weight is 342 g/mol. The Morgan fingerprint density at radius 3 is 2.88 bits per heavy atom. The van der Waals surface area contributed by atoms with Crippen molar-refractivity contribution >= 4 is 17.5 Å². The summed E-state index contributed by atoms with van der Waals surface area (Å²) in [6, 6.07) is 2.24. The number of nitrogens with zero attached hydrogens (tertiary/aromatic N) is 3. The van der Waals surface area contributed by atoms with E-state index in [9.17, 15) is 4.79 Å². The smallest absolute Gasteiger partial charge is 0.319 e. The predicted octanol–water partition coefficient (Wildman–Crippen LogP) is 3.12. The third kappa shape index (κ3) is 4.10. The molecule has 0 radical (unpaired) electrons. The zero-order valence-electron chi connectivity index (χ0n) is 15.1. The molecule has 1 aliphatic rings. The van der Waals surface area contributed by atoms with Gasteiger partial charge in [-0.1, -0.05) is 0 Å². The molecule has 7 nitrogen and oxygen atoms in total. The lowest BCUT2D eigenvalue weighted by Crippen LogP contribution is -2.38. The van der Waals surface area contributed by atoms with Crippen LogP contribution in [-0.4, -0.2) is 33.8 Å². The molecule has 2 aromatic rings. The summed E-state index contributed by atoms with van der Waals surface area (Å²) in [5.41, 5.74) is 3.71. The van der Waals surface area contributed by atoms with Gasteiger partial charge in [-0.05, 0) is 51.7 Å². The van der Waals surface area contributed by atoms with E-state index in [0.717, 1.165) is 29.2 Å². The van der Waals surface area contributed by atoms with Crippen molar-refractivity contribution in [2.75, 3.05) is 16.8 Å². The molecule has 3 heterocycles. The normalized spacial score (nSPS) is 17.4. The van der Waals surface area contributed by atoms with Crippen molar-refractivity contribution in [3.8, 4) is 0 Å². The second kappa shape index (κ2) is 7.55. The van der Waals surface area contributed by atoms with Gasteiger partial charge in [0.05, 0.1) is 18.1 Å². The molecule has 2 amide bonds. The van der Waals surface area contributed by atoms with Gasteiger partial charge in [-0.25, -0.2) is 9.78 Å². The first-order valence-electron chi connectivity index (χ1n) is 8.81. The van der Waals surface area contributed by atoms with Gasteiger partial charge in [-0.3, -0.25) is 5.10 Å². The largest absolute Gasteiger partial charge is 0.354 e. The second-order valence-corrected chi connectivity index (χ2v) is 6.73. The minimum Gasteiger partial charge on any atom is -0.354 e. The third-order valence-electron chi connectivity index (χ3n) is 4.76. The van der Waals surface area contributed by atoms with E-state index < -0.39 is 0 Å². The first-order chi connectivity index (χ1) is 12.0. The monoisotopic (exact) mass is 342 g/mol. The number of pyridine rings is 1. The quantitative estimate of drug-likeness (QED) is 0.797. The summed E-state index contributed by atoms with van der Waals surface area (Å²) in [6.07, 6.45) is 7.15. The number of H-pyrrole nitrogens is 1. The van der Waals surface area contributed by atoms with Crippen molar-refractivity contribution < 1.29 is 4.79 Å². The molecule has 134 valence electrons. The van der Waals surface area contributed by atoms with Crippen LogP contribution in [0.3, 0.4) is 0 Å². The molecule has 7 heteroatoms. The fourth-order valence-corrected chi connectivity index (χ4v) is 3.25. The van der Waals surface area contributed by atoms with Gasteiger partial charge in [-0.15, -0.1) is 0 Å². The van der Waals surface area contributed by atoms with Gasteiger partial charge in [0.2, 0.25) is 0 Å². The number of nitrogens with one attached hydrogen (secondary N) is 3. The Kier molecular flexibility index (Phi) is 5.21. The Balaban J connectivity index is 1.60. The number of aromatic nitrogens is 3. The van der Waals surface area contributed by atoms with Crippen molar-refractivity contribution in [3.63, 3.8) is 0 Å². The second-order valence-electron chi connectivity index (χ2n) is 6.73. The first kappa shape index (κ1) is 17.3. The van der Waals surface area contributed by atoms with E-state index in [1.807, 2.05) is 19.9 Å². The highest BCUT2D eigenvalue weighted by atomic mass is 16.2. The summed E-state index contributed by atoms with van der Waals surface area (Å²) in [5, 5.41) is 12.5. The van der Waals surface area contributed by atoms with E-state index in [2.05, 4.69) is 37.6 Å². The van der Waals surface area contributed by atoms with E-state index in [-0.39, 0.29) is 6.03 Å². The van der Waals surface area contributed by atoms with Gasteiger partial charge >= 0.3 is 6.03 Å². The molecule has 2 aromatic heterocycles. The van der Waals surface area contributed by atoms with E-state index in [1.165, 1.54) is 19.3 Å². The zero-order chi connectivity index (χ0) is 17.8. The summed E-state index contributed by atoms with van der Waals surface area (Å²) in [6.45, 7) is 7.70. The zero-order valence-corrected chi connectivity index (χ0v) is 15.1. The summed E-state index contributed by atoms with van der Waals surface area (Å²) in [7, 11) is 0. The standard InChI is InChI=1S/C18H26N6O/c1-12-8-16(11-19-17(12)24-7-5-4-6-13(24)2)22-18(25)20-9-15-10-21-23-14(15)3/h8,10-11,13H,4-7,9H2,1-3H3,(H,21,23)(H2,20,22,25). The number of urea groups is 1. The highest BCUT2D eigenvalue weighted by Crippen LogP contribution is 2.27. The van der Waals surface area contributed by atoms with Crippen molar-refractivity contribution in [3.05, 3.63) is 35.3 Å². The highest BCUT2D eigenvalue weighted by molar-refractivity contribution is 5.89. The molecule has 25 heavy (non-hydrogen) atoms. The molecule has 3 N–H and O–H groups in total. The lowest BCUT2D eigenvalue weighted by atomic mass is 10.0. The maximum Gasteiger partial charge on any atom is 0.319 e. The molecule has 1 saturated heterocycles. The van der Waals surface area contributed by atoms with E-state index >= 15 is 0 Å². The minimum absolute atomic E-state index is 0.249. The summed E-state index contributed by atoms with van der Waals surface area (Å²) in [4.78, 5) is 19.0. The minimum atomic E-state index is -0.249. The number of anilines is 2. The van der Waals surface area contributed by atoms with Crippen LogP contribution in [0.25, 0.3) is 0 Å². The van der Waals surface area contributed by atoms with Crippen LogP contribution < -0.4 is 15.5 Å². The van der Waals surface area contributed by atoms with Crippen molar-refractivity contribution in [1.82, 2.24) is 20.5 Å². The van der Waals surface area contributed by atoms with E-state index in [4.69, 9.17) is 0 Å². The van der Waals surface area contributed by atoms with E-state index in [0.29, 0.717) is 18.3 Å². The SMILES string of the molecule is Cc1cc(NC(=O)NCc2cn[nH]c2C)cnc1N1CCCCC1C. The van der Waals surface area contributed by atoms with Crippen LogP contribution in [0.15, 0.2) is 18.5 Å². The molecule has 0 aromatic carbocycles. The van der Waals surface area contributed by atoms with Crippen LogP contribution in [0.5, 0.6) is 0 Å². The van der Waals surface area contributed by atoms with Gasteiger partial charge < -0.3 is 15.5 Å². The number of piperidine rings is 1. The number of carbonyl (C=O) groups excluding carboxylic acids is 1.